The molecule has 150 valence electrons. The number of benzene rings is 2. The molecular weight excluding hydrogens is 389 g/mol. The first-order valence-corrected chi connectivity index (χ1v) is 10.6. The standard InChI is InChI=1S/C22H22FN3O2S/c23-18-4-1-16(2-5-18)12-25-7-9-26(10-8-25)13-19-14-29-22(24-19)17-3-6-20-21(11-17)28-15-27-20/h1-6,11,14H,7-10,12-13,15H2. The second kappa shape index (κ2) is 8.10. The third kappa shape index (κ3) is 4.27. The first-order valence-electron chi connectivity index (χ1n) is 9.76. The van der Waals surface area contributed by atoms with Crippen molar-refractivity contribution >= 4 is 11.3 Å². The van der Waals surface area contributed by atoms with Crippen molar-refractivity contribution in [2.45, 2.75) is 13.1 Å². The molecule has 0 amide bonds. The summed E-state index contributed by atoms with van der Waals surface area (Å²) in [5, 5.41) is 3.15. The molecule has 1 fully saturated rings. The molecule has 2 aliphatic rings. The summed E-state index contributed by atoms with van der Waals surface area (Å²) in [6, 6.07) is 12.8. The number of fused-ring (bicyclic) bond motifs is 1. The summed E-state index contributed by atoms with van der Waals surface area (Å²) >= 11 is 1.66. The first-order chi connectivity index (χ1) is 14.2. The number of halogens is 1. The van der Waals surface area contributed by atoms with Crippen molar-refractivity contribution in [3.63, 3.8) is 0 Å². The fourth-order valence-corrected chi connectivity index (χ4v) is 4.53. The molecule has 0 saturated carbocycles. The lowest BCUT2D eigenvalue weighted by atomic mass is 10.2. The topological polar surface area (TPSA) is 37.8 Å². The molecule has 5 nitrogen and oxygen atoms in total. The van der Waals surface area contributed by atoms with E-state index in [1.165, 1.54) is 12.1 Å². The Morgan fingerprint density at radius 1 is 0.897 bits per heavy atom. The van der Waals surface area contributed by atoms with Crippen molar-refractivity contribution in [3.05, 3.63) is 64.9 Å². The van der Waals surface area contributed by atoms with Crippen molar-refractivity contribution in [1.82, 2.24) is 14.8 Å². The molecule has 5 rings (SSSR count). The summed E-state index contributed by atoms with van der Waals surface area (Å²) in [7, 11) is 0. The SMILES string of the molecule is Fc1ccc(CN2CCN(Cc3csc(-c4ccc5c(c4)OCO5)n3)CC2)cc1. The molecule has 29 heavy (non-hydrogen) atoms. The Hall–Kier alpha value is -2.48. The Bertz CT molecular complexity index is 984. The number of aromatic nitrogens is 1. The molecule has 0 atom stereocenters. The van der Waals surface area contributed by atoms with Gasteiger partial charge >= 0.3 is 0 Å². The second-order valence-corrected chi connectivity index (χ2v) is 8.25. The molecule has 0 N–H and O–H groups in total. The summed E-state index contributed by atoms with van der Waals surface area (Å²) in [6.07, 6.45) is 0. The van der Waals surface area contributed by atoms with Crippen LogP contribution in [-0.4, -0.2) is 47.8 Å². The summed E-state index contributed by atoms with van der Waals surface area (Å²) in [5.41, 5.74) is 3.33. The van der Waals surface area contributed by atoms with Crippen LogP contribution in [-0.2, 0) is 13.1 Å². The average Bonchev–Trinajstić information content (AvgIpc) is 3.40. The molecule has 1 aromatic heterocycles. The van der Waals surface area contributed by atoms with Crippen LogP contribution in [0.2, 0.25) is 0 Å². The average molecular weight is 412 g/mol. The number of rotatable bonds is 5. The molecule has 0 aliphatic carbocycles. The molecule has 0 bridgehead atoms. The number of hydrogen-bond donors (Lipinski definition) is 0. The molecule has 1 saturated heterocycles. The summed E-state index contributed by atoms with van der Waals surface area (Å²) in [4.78, 5) is 9.69. The predicted octanol–water partition coefficient (Wildman–Crippen LogP) is 4.00. The smallest absolute Gasteiger partial charge is 0.231 e. The Morgan fingerprint density at radius 3 is 2.41 bits per heavy atom. The van der Waals surface area contributed by atoms with Crippen LogP contribution in [0.3, 0.4) is 0 Å². The van der Waals surface area contributed by atoms with Crippen LogP contribution in [0.4, 0.5) is 4.39 Å². The third-order valence-electron chi connectivity index (χ3n) is 5.34. The maximum absolute atomic E-state index is 13.1. The Morgan fingerprint density at radius 2 is 1.62 bits per heavy atom. The molecule has 2 aliphatic heterocycles. The molecule has 3 heterocycles. The van der Waals surface area contributed by atoms with E-state index in [2.05, 4.69) is 15.2 Å². The van der Waals surface area contributed by atoms with Gasteiger partial charge < -0.3 is 9.47 Å². The number of hydrogen-bond acceptors (Lipinski definition) is 6. The minimum absolute atomic E-state index is 0.179. The quantitative estimate of drug-likeness (QED) is 0.635. The lowest BCUT2D eigenvalue weighted by Gasteiger charge is -2.34. The van der Waals surface area contributed by atoms with E-state index in [4.69, 9.17) is 14.5 Å². The van der Waals surface area contributed by atoms with Crippen molar-refractivity contribution in [2.24, 2.45) is 0 Å². The van der Waals surface area contributed by atoms with Gasteiger partial charge in [0.1, 0.15) is 10.8 Å². The zero-order valence-corrected chi connectivity index (χ0v) is 16.8. The van der Waals surface area contributed by atoms with Gasteiger partial charge in [-0.2, -0.15) is 0 Å². The Balaban J connectivity index is 1.16. The zero-order chi connectivity index (χ0) is 19.6. The van der Waals surface area contributed by atoms with E-state index in [-0.39, 0.29) is 12.6 Å². The zero-order valence-electron chi connectivity index (χ0n) is 16.0. The first kappa shape index (κ1) is 18.5. The number of nitrogens with zero attached hydrogens (tertiary/aromatic N) is 3. The summed E-state index contributed by atoms with van der Waals surface area (Å²) in [5.74, 6) is 1.41. The second-order valence-electron chi connectivity index (χ2n) is 7.39. The summed E-state index contributed by atoms with van der Waals surface area (Å²) in [6.45, 7) is 6.07. The lowest BCUT2D eigenvalue weighted by Crippen LogP contribution is -2.45. The molecule has 0 unspecified atom stereocenters. The van der Waals surface area contributed by atoms with Gasteiger partial charge in [-0.3, -0.25) is 9.80 Å². The minimum atomic E-state index is -0.179. The Kier molecular flexibility index (Phi) is 5.18. The van der Waals surface area contributed by atoms with Crippen LogP contribution in [0.25, 0.3) is 10.6 Å². The largest absolute Gasteiger partial charge is 0.454 e. The van der Waals surface area contributed by atoms with E-state index >= 15 is 0 Å². The van der Waals surface area contributed by atoms with Gasteiger partial charge in [-0.15, -0.1) is 11.3 Å². The molecule has 0 spiro atoms. The Labute approximate surface area is 173 Å². The molecule has 7 heteroatoms. The van der Waals surface area contributed by atoms with Crippen LogP contribution < -0.4 is 9.47 Å². The third-order valence-corrected chi connectivity index (χ3v) is 6.28. The lowest BCUT2D eigenvalue weighted by molar-refractivity contribution is 0.121. The van der Waals surface area contributed by atoms with Crippen LogP contribution in [0, 0.1) is 5.82 Å². The van der Waals surface area contributed by atoms with Crippen molar-refractivity contribution < 1.29 is 13.9 Å². The fraction of sp³-hybridized carbons (Fsp3) is 0.318. The highest BCUT2D eigenvalue weighted by molar-refractivity contribution is 7.13. The van der Waals surface area contributed by atoms with Gasteiger partial charge in [-0.1, -0.05) is 12.1 Å². The maximum atomic E-state index is 13.1. The van der Waals surface area contributed by atoms with Gasteiger partial charge in [0.05, 0.1) is 5.69 Å². The fourth-order valence-electron chi connectivity index (χ4n) is 3.72. The van der Waals surface area contributed by atoms with E-state index in [0.29, 0.717) is 0 Å². The van der Waals surface area contributed by atoms with Crippen LogP contribution in [0.15, 0.2) is 47.8 Å². The van der Waals surface area contributed by atoms with Gasteiger partial charge in [-0.25, -0.2) is 9.37 Å². The van der Waals surface area contributed by atoms with Crippen LogP contribution >= 0.6 is 11.3 Å². The van der Waals surface area contributed by atoms with Gasteiger partial charge in [0.15, 0.2) is 11.5 Å². The minimum Gasteiger partial charge on any atom is -0.454 e. The predicted molar refractivity (Wildman–Crippen MR) is 111 cm³/mol. The highest BCUT2D eigenvalue weighted by Crippen LogP contribution is 2.36. The van der Waals surface area contributed by atoms with E-state index in [0.717, 1.165) is 72.6 Å². The number of thiazole rings is 1. The van der Waals surface area contributed by atoms with Gasteiger partial charge in [-0.05, 0) is 35.9 Å². The van der Waals surface area contributed by atoms with Crippen LogP contribution in [0.1, 0.15) is 11.3 Å². The number of ether oxygens (including phenoxy) is 2. The van der Waals surface area contributed by atoms with E-state index in [9.17, 15) is 4.39 Å². The summed E-state index contributed by atoms with van der Waals surface area (Å²) < 4.78 is 23.9. The monoisotopic (exact) mass is 411 g/mol. The van der Waals surface area contributed by atoms with Crippen molar-refractivity contribution in [1.29, 1.82) is 0 Å². The highest BCUT2D eigenvalue weighted by Gasteiger charge is 2.19. The molecule has 0 radical (unpaired) electrons. The normalized spacial score (nSPS) is 17.0. The van der Waals surface area contributed by atoms with Crippen molar-refractivity contribution in [3.8, 4) is 22.1 Å². The molecule has 2 aromatic carbocycles. The van der Waals surface area contributed by atoms with Gasteiger partial charge in [0.2, 0.25) is 6.79 Å². The van der Waals surface area contributed by atoms with Gasteiger partial charge in [0, 0.05) is 50.2 Å². The van der Waals surface area contributed by atoms with Crippen LogP contribution in [0.5, 0.6) is 11.5 Å². The van der Waals surface area contributed by atoms with Gasteiger partial charge in [0.25, 0.3) is 0 Å². The van der Waals surface area contributed by atoms with Crippen molar-refractivity contribution in [2.75, 3.05) is 33.0 Å². The highest BCUT2D eigenvalue weighted by atomic mass is 32.1. The maximum Gasteiger partial charge on any atom is 0.231 e. The van der Waals surface area contributed by atoms with E-state index in [1.54, 1.807) is 11.3 Å². The molecular formula is C22H22FN3O2S. The molecule has 3 aromatic rings. The van der Waals surface area contributed by atoms with E-state index < -0.39 is 0 Å². The van der Waals surface area contributed by atoms with E-state index in [1.807, 2.05) is 30.3 Å². The number of piperazine rings is 1.